The first-order valence-electron chi connectivity index (χ1n) is 7.44. The van der Waals surface area contributed by atoms with E-state index in [1.54, 1.807) is 23.5 Å². The summed E-state index contributed by atoms with van der Waals surface area (Å²) < 4.78 is 7.40. The van der Waals surface area contributed by atoms with E-state index >= 15 is 0 Å². The van der Waals surface area contributed by atoms with Gasteiger partial charge in [-0.05, 0) is 40.2 Å². The summed E-state index contributed by atoms with van der Waals surface area (Å²) in [5.74, 6) is 0.311. The Morgan fingerprint density at radius 3 is 3.00 bits per heavy atom. The molecular formula is C17H14BrN3O3S2. The normalized spacial score (nSPS) is 11.2. The third-order valence-corrected chi connectivity index (χ3v) is 6.34. The Kier molecular flexibility index (Phi) is 6.12. The molecule has 3 rings (SSSR count). The summed E-state index contributed by atoms with van der Waals surface area (Å²) in [6.45, 7) is 0. The monoisotopic (exact) mass is 451 g/mol. The minimum atomic E-state index is -0.237. The number of carbonyl (C=O) groups is 1. The lowest BCUT2D eigenvalue weighted by Gasteiger charge is -2.06. The molecule has 134 valence electrons. The van der Waals surface area contributed by atoms with Crippen molar-refractivity contribution < 1.29 is 14.6 Å². The van der Waals surface area contributed by atoms with Gasteiger partial charge in [-0.2, -0.15) is 5.10 Å². The number of fused-ring (bicyclic) bond motifs is 1. The van der Waals surface area contributed by atoms with E-state index in [4.69, 9.17) is 4.74 Å². The first-order valence-corrected chi connectivity index (χ1v) is 10.0. The number of thioether (sulfide) groups is 1. The molecule has 9 heteroatoms. The van der Waals surface area contributed by atoms with Gasteiger partial charge in [0.05, 0.1) is 33.8 Å². The van der Waals surface area contributed by atoms with Gasteiger partial charge >= 0.3 is 0 Å². The number of methoxy groups -OCH3 is 1. The number of carbonyl (C=O) groups excluding carboxylic acids is 1. The molecule has 0 bridgehead atoms. The van der Waals surface area contributed by atoms with Crippen molar-refractivity contribution in [3.8, 4) is 11.5 Å². The van der Waals surface area contributed by atoms with Gasteiger partial charge in [0.25, 0.3) is 5.91 Å². The standard InChI is InChI=1S/C17H14BrN3O3S2/c1-24-12-7-6-10(15(18)16(12)23)8-19-21-14(22)9-25-17-20-11-4-2-3-5-13(11)26-17/h2-8,23H,9H2,1H3,(H,21,22)/b19-8-. The number of rotatable bonds is 6. The molecule has 0 radical (unpaired) electrons. The van der Waals surface area contributed by atoms with Gasteiger partial charge < -0.3 is 9.84 Å². The lowest BCUT2D eigenvalue weighted by atomic mass is 10.2. The number of amides is 1. The summed E-state index contributed by atoms with van der Waals surface area (Å²) in [4.78, 5) is 16.4. The van der Waals surface area contributed by atoms with E-state index in [1.807, 2.05) is 24.3 Å². The van der Waals surface area contributed by atoms with Gasteiger partial charge in [-0.3, -0.25) is 4.79 Å². The fourth-order valence-corrected chi connectivity index (χ4v) is 4.36. The molecule has 0 saturated carbocycles. The molecule has 26 heavy (non-hydrogen) atoms. The minimum absolute atomic E-state index is 0.0193. The van der Waals surface area contributed by atoms with Crippen molar-refractivity contribution in [3.63, 3.8) is 0 Å². The zero-order chi connectivity index (χ0) is 18.5. The Hall–Kier alpha value is -2.10. The van der Waals surface area contributed by atoms with Crippen molar-refractivity contribution in [1.29, 1.82) is 0 Å². The zero-order valence-electron chi connectivity index (χ0n) is 13.6. The Morgan fingerprint density at radius 2 is 2.23 bits per heavy atom. The second-order valence-electron chi connectivity index (χ2n) is 5.05. The maximum Gasteiger partial charge on any atom is 0.250 e. The van der Waals surface area contributed by atoms with Crippen LogP contribution in [-0.2, 0) is 4.79 Å². The summed E-state index contributed by atoms with van der Waals surface area (Å²) in [5.41, 5.74) is 4.01. The number of phenols is 1. The Labute approximate surface area is 166 Å². The topological polar surface area (TPSA) is 83.8 Å². The van der Waals surface area contributed by atoms with E-state index in [0.29, 0.717) is 15.8 Å². The number of phenolic OH excluding ortho intramolecular Hbond substituents is 1. The Morgan fingerprint density at radius 1 is 1.42 bits per heavy atom. The van der Waals surface area contributed by atoms with Gasteiger partial charge in [-0.25, -0.2) is 10.4 Å². The molecule has 0 unspecified atom stereocenters. The molecule has 0 atom stereocenters. The van der Waals surface area contributed by atoms with E-state index < -0.39 is 0 Å². The van der Waals surface area contributed by atoms with Crippen LogP contribution in [0.4, 0.5) is 0 Å². The van der Waals surface area contributed by atoms with Gasteiger partial charge in [0.2, 0.25) is 0 Å². The molecule has 0 spiro atoms. The maximum atomic E-state index is 11.9. The fourth-order valence-electron chi connectivity index (χ4n) is 2.07. The van der Waals surface area contributed by atoms with Crippen LogP contribution < -0.4 is 10.2 Å². The molecule has 0 aliphatic carbocycles. The van der Waals surface area contributed by atoms with Gasteiger partial charge in [0.15, 0.2) is 15.8 Å². The number of ether oxygens (including phenoxy) is 1. The predicted molar refractivity (Wildman–Crippen MR) is 108 cm³/mol. The van der Waals surface area contributed by atoms with Gasteiger partial charge in [0.1, 0.15) is 0 Å². The van der Waals surface area contributed by atoms with E-state index in [0.717, 1.165) is 14.6 Å². The highest BCUT2D eigenvalue weighted by molar-refractivity contribution is 9.10. The van der Waals surface area contributed by atoms with Crippen molar-refractivity contribution in [2.45, 2.75) is 4.34 Å². The number of aromatic nitrogens is 1. The molecular weight excluding hydrogens is 438 g/mol. The lowest BCUT2D eigenvalue weighted by Crippen LogP contribution is -2.19. The highest BCUT2D eigenvalue weighted by atomic mass is 79.9. The number of nitrogens with zero attached hydrogens (tertiary/aromatic N) is 2. The lowest BCUT2D eigenvalue weighted by molar-refractivity contribution is -0.118. The Balaban J connectivity index is 1.55. The molecule has 1 heterocycles. The van der Waals surface area contributed by atoms with Crippen molar-refractivity contribution in [1.82, 2.24) is 10.4 Å². The second kappa shape index (κ2) is 8.52. The first kappa shape index (κ1) is 18.7. The quantitative estimate of drug-likeness (QED) is 0.336. The van der Waals surface area contributed by atoms with Gasteiger partial charge in [-0.1, -0.05) is 23.9 Å². The highest BCUT2D eigenvalue weighted by Gasteiger charge is 2.10. The van der Waals surface area contributed by atoms with E-state index in [9.17, 15) is 9.90 Å². The number of halogens is 1. The minimum Gasteiger partial charge on any atom is -0.503 e. The molecule has 1 amide bonds. The summed E-state index contributed by atoms with van der Waals surface area (Å²) in [7, 11) is 1.47. The third kappa shape index (κ3) is 4.35. The number of thiazole rings is 1. The first-order chi connectivity index (χ1) is 12.6. The second-order valence-corrected chi connectivity index (χ2v) is 8.10. The van der Waals surface area contributed by atoms with Crippen molar-refractivity contribution in [2.24, 2.45) is 5.10 Å². The Bertz CT molecular complexity index is 942. The van der Waals surface area contributed by atoms with Crippen LogP contribution in [-0.4, -0.2) is 35.1 Å². The van der Waals surface area contributed by atoms with Crippen LogP contribution in [0.15, 0.2) is 50.3 Å². The smallest absolute Gasteiger partial charge is 0.250 e. The van der Waals surface area contributed by atoms with Gasteiger partial charge in [0, 0.05) is 5.56 Å². The van der Waals surface area contributed by atoms with Crippen LogP contribution in [0.1, 0.15) is 5.56 Å². The van der Waals surface area contributed by atoms with Crippen LogP contribution >= 0.6 is 39.0 Å². The van der Waals surface area contributed by atoms with E-state index in [2.05, 4.69) is 31.4 Å². The summed E-state index contributed by atoms with van der Waals surface area (Å²) >= 11 is 6.19. The van der Waals surface area contributed by atoms with Crippen LogP contribution in [0.3, 0.4) is 0 Å². The molecule has 0 aliphatic rings. The van der Waals surface area contributed by atoms with Crippen molar-refractivity contribution in [2.75, 3.05) is 12.9 Å². The van der Waals surface area contributed by atoms with Crippen LogP contribution in [0, 0.1) is 0 Å². The SMILES string of the molecule is COc1ccc(/C=N\NC(=O)CSc2nc3ccccc3s2)c(Br)c1O. The number of aromatic hydroxyl groups is 1. The maximum absolute atomic E-state index is 11.9. The average molecular weight is 452 g/mol. The average Bonchev–Trinajstić information content (AvgIpc) is 3.06. The molecule has 0 aliphatic heterocycles. The molecule has 6 nitrogen and oxygen atoms in total. The molecule has 0 saturated heterocycles. The zero-order valence-corrected chi connectivity index (χ0v) is 16.8. The van der Waals surface area contributed by atoms with Crippen LogP contribution in [0.25, 0.3) is 10.2 Å². The van der Waals surface area contributed by atoms with Crippen LogP contribution in [0.2, 0.25) is 0 Å². The number of para-hydroxylation sites is 1. The van der Waals surface area contributed by atoms with Crippen molar-refractivity contribution >= 4 is 61.4 Å². The highest BCUT2D eigenvalue weighted by Crippen LogP contribution is 2.35. The van der Waals surface area contributed by atoms with Crippen molar-refractivity contribution in [3.05, 3.63) is 46.4 Å². The van der Waals surface area contributed by atoms with E-state index in [1.165, 1.54) is 25.1 Å². The summed E-state index contributed by atoms with van der Waals surface area (Å²) in [6.07, 6.45) is 1.45. The molecule has 0 fully saturated rings. The third-order valence-electron chi connectivity index (χ3n) is 3.32. The number of nitrogens with one attached hydrogen (secondary N) is 1. The largest absolute Gasteiger partial charge is 0.503 e. The summed E-state index contributed by atoms with van der Waals surface area (Å²) in [6, 6.07) is 11.2. The molecule has 1 aromatic heterocycles. The fraction of sp³-hybridized carbons (Fsp3) is 0.118. The number of hydrogen-bond acceptors (Lipinski definition) is 7. The number of hydrazone groups is 1. The number of benzene rings is 2. The van der Waals surface area contributed by atoms with E-state index in [-0.39, 0.29) is 17.4 Å². The predicted octanol–water partition coefficient (Wildman–Crippen LogP) is 4.02. The number of hydrogen-bond donors (Lipinski definition) is 2. The van der Waals surface area contributed by atoms with Crippen LogP contribution in [0.5, 0.6) is 11.5 Å². The molecule has 3 aromatic rings. The summed E-state index contributed by atoms with van der Waals surface area (Å²) in [5, 5.41) is 13.8. The van der Waals surface area contributed by atoms with Gasteiger partial charge in [-0.15, -0.1) is 11.3 Å². The molecule has 2 aromatic carbocycles. The molecule has 2 N–H and O–H groups in total.